The quantitative estimate of drug-likeness (QED) is 0.0630. The summed E-state index contributed by atoms with van der Waals surface area (Å²) in [6.07, 6.45) is 5.47. The Bertz CT molecular complexity index is 1940. The average molecular weight is 848 g/mol. The summed E-state index contributed by atoms with van der Waals surface area (Å²) in [7, 11) is 1.28. The largest absolute Gasteiger partial charge is 2.00 e. The zero-order valence-electron chi connectivity index (χ0n) is 32.4. The van der Waals surface area contributed by atoms with Gasteiger partial charge in [-0.15, -0.1) is 5.76 Å². The standard InChI is InChI=1S/C40H53N7O7.Pd/c1-8-25-19(2)28-16-33-36(23(6)49)21(4)30(45-33)14-29-20(3)26(9-10-34(51)43-17-24(50)18-48)38(46-29)27(13-35(52)54-7)39-37(40(53)42-12-11-41)22(5)31(47-39)15-32(25)44-28;/h14-16,19-20,24-26,44,48-50H,8-13,17-18,41H2,1-7H3,(H,42,53)(H,43,51);/q;+2/p-2/b28-16?,29-14?,32-15?,36-23+,39-27?;/t19-,20+,24?,25-,26+;/m1./s1. The van der Waals surface area contributed by atoms with E-state index in [0.29, 0.717) is 50.8 Å². The number of carbonyl (C=O) groups excluding carboxylic acids is 2. The number of allylic oxidation sites excluding steroid dienone is 10. The van der Waals surface area contributed by atoms with Crippen LogP contribution in [0, 0.1) is 23.7 Å². The fourth-order valence-electron chi connectivity index (χ4n) is 7.68. The molecule has 0 aromatic carbocycles. The minimum Gasteiger partial charge on any atom is -0.875 e. The maximum Gasteiger partial charge on any atom is 2.00 e. The van der Waals surface area contributed by atoms with Gasteiger partial charge in [0, 0.05) is 71.4 Å². The van der Waals surface area contributed by atoms with Gasteiger partial charge in [0.1, 0.15) is 0 Å². The molecule has 5 heterocycles. The maximum atomic E-state index is 13.9. The maximum absolute atomic E-state index is 13.9. The number of hydrogen-bond acceptors (Lipinski definition) is 13. The Morgan fingerprint density at radius 2 is 1.76 bits per heavy atom. The van der Waals surface area contributed by atoms with Crippen molar-refractivity contribution in [3.63, 3.8) is 0 Å². The molecule has 0 radical (unpaired) electrons. The van der Waals surface area contributed by atoms with Crippen LogP contribution in [-0.4, -0.2) is 84.6 Å². The van der Waals surface area contributed by atoms with Crippen molar-refractivity contribution in [2.75, 3.05) is 33.4 Å². The molecule has 0 spiro atoms. The van der Waals surface area contributed by atoms with Crippen LogP contribution in [-0.2, 0) is 34.7 Å². The number of nitrogens with zero attached hydrogens (tertiary/aromatic N) is 4. The van der Waals surface area contributed by atoms with E-state index in [4.69, 9.17) is 25.4 Å². The van der Waals surface area contributed by atoms with Crippen molar-refractivity contribution in [2.24, 2.45) is 49.4 Å². The monoisotopic (exact) mass is 847 g/mol. The van der Waals surface area contributed by atoms with Crippen LogP contribution in [0.2, 0.25) is 0 Å². The number of esters is 1. The summed E-state index contributed by atoms with van der Waals surface area (Å²) in [4.78, 5) is 45.6. The van der Waals surface area contributed by atoms with Gasteiger partial charge < -0.3 is 41.5 Å². The Balaban J connectivity index is 0.00000673. The van der Waals surface area contributed by atoms with Gasteiger partial charge in [0.25, 0.3) is 0 Å². The van der Waals surface area contributed by atoms with Gasteiger partial charge in [0.15, 0.2) is 0 Å². The summed E-state index contributed by atoms with van der Waals surface area (Å²) < 4.78 is 5.16. The van der Waals surface area contributed by atoms with Crippen molar-refractivity contribution in [3.05, 3.63) is 80.3 Å². The second-order valence-electron chi connectivity index (χ2n) is 14.3. The molecule has 0 aliphatic carbocycles. The molecule has 0 aromatic heterocycles. The molecule has 5 aliphatic heterocycles. The molecule has 5 aliphatic rings. The molecule has 5 atom stereocenters. The van der Waals surface area contributed by atoms with Crippen molar-refractivity contribution in [1.29, 1.82) is 0 Å². The molecule has 0 aromatic rings. The van der Waals surface area contributed by atoms with Crippen LogP contribution in [0.5, 0.6) is 0 Å². The first-order chi connectivity index (χ1) is 25.7. The topological polar surface area (TPSA) is 229 Å². The van der Waals surface area contributed by atoms with Gasteiger partial charge in [-0.2, -0.15) is 0 Å². The Morgan fingerprint density at radius 3 is 2.40 bits per heavy atom. The van der Waals surface area contributed by atoms with Crippen molar-refractivity contribution < 1.29 is 55.2 Å². The number of methoxy groups -OCH3 is 1. The molecule has 1 amide bonds. The van der Waals surface area contributed by atoms with Gasteiger partial charge in [-0.1, -0.05) is 27.7 Å². The number of carbonyl (C=O) groups is 2. The molecule has 14 nitrogen and oxygen atoms in total. The summed E-state index contributed by atoms with van der Waals surface area (Å²) in [6, 6.07) is 0. The van der Waals surface area contributed by atoms with Crippen LogP contribution >= 0.6 is 0 Å². The predicted octanol–water partition coefficient (Wildman–Crippen LogP) is 1.54. The van der Waals surface area contributed by atoms with Crippen LogP contribution in [0.25, 0.3) is 0 Å². The van der Waals surface area contributed by atoms with E-state index in [1.165, 1.54) is 14.0 Å². The van der Waals surface area contributed by atoms with Crippen LogP contribution in [0.15, 0.2) is 100 Å². The van der Waals surface area contributed by atoms with Crippen molar-refractivity contribution in [1.82, 2.24) is 10.6 Å². The summed E-state index contributed by atoms with van der Waals surface area (Å²) in [5.41, 5.74) is 12.9. The van der Waals surface area contributed by atoms with Crippen molar-refractivity contribution in [3.8, 4) is 0 Å². The Morgan fingerprint density at radius 1 is 1.05 bits per heavy atom. The fourth-order valence-corrected chi connectivity index (χ4v) is 7.68. The van der Waals surface area contributed by atoms with Gasteiger partial charge >= 0.3 is 26.4 Å². The molecular formula is C40H51N7O7Pd. The van der Waals surface area contributed by atoms with Gasteiger partial charge in [-0.05, 0) is 67.5 Å². The van der Waals surface area contributed by atoms with Crippen LogP contribution < -0.4 is 26.6 Å². The first-order valence-electron chi connectivity index (χ1n) is 18.5. The normalized spacial score (nSPS) is 25.0. The molecule has 1 unspecified atom stereocenters. The summed E-state index contributed by atoms with van der Waals surface area (Å²) in [5.74, 6) is -2.17. The number of ether oxygens (including phenoxy) is 1. The van der Waals surface area contributed by atoms with Gasteiger partial charge in [0.2, 0.25) is 5.91 Å². The molecule has 8 bridgehead atoms. The fraction of sp³-hybridized carbons (Fsp3) is 0.500. The minimum atomic E-state index is -1.10. The Labute approximate surface area is 336 Å². The first-order valence-corrected chi connectivity index (χ1v) is 18.5. The third kappa shape index (κ3) is 9.08. The molecule has 1 saturated heterocycles. The van der Waals surface area contributed by atoms with Crippen molar-refractivity contribution in [2.45, 2.75) is 73.3 Å². The van der Waals surface area contributed by atoms with Crippen molar-refractivity contribution >= 4 is 34.9 Å². The summed E-state index contributed by atoms with van der Waals surface area (Å²) >= 11 is 0. The van der Waals surface area contributed by atoms with E-state index in [1.54, 1.807) is 6.92 Å². The third-order valence-electron chi connectivity index (χ3n) is 10.8. The number of aliphatic hydroxyl groups is 2. The molecule has 6 N–H and O–H groups in total. The Kier molecular flexibility index (Phi) is 14.7. The van der Waals surface area contributed by atoms with Gasteiger partial charge in [0.05, 0.1) is 61.3 Å². The average Bonchev–Trinajstić information content (AvgIpc) is 3.83. The van der Waals surface area contributed by atoms with E-state index >= 15 is 0 Å². The Hall–Kier alpha value is -4.26. The first kappa shape index (κ1) is 43.5. The number of hydrogen-bond donors (Lipinski definition) is 5. The zero-order chi connectivity index (χ0) is 39.4. The van der Waals surface area contributed by atoms with E-state index < -0.39 is 30.5 Å². The van der Waals surface area contributed by atoms with E-state index in [0.717, 1.165) is 17.8 Å². The molecule has 15 heteroatoms. The smallest absolute Gasteiger partial charge is 0.875 e. The van der Waals surface area contributed by atoms with E-state index in [2.05, 4.69) is 29.5 Å². The molecule has 0 saturated carbocycles. The van der Waals surface area contributed by atoms with E-state index in [-0.39, 0.29) is 100 Å². The number of rotatable bonds is 12. The van der Waals surface area contributed by atoms with Crippen LogP contribution in [0.1, 0.15) is 67.2 Å². The second kappa shape index (κ2) is 18.6. The van der Waals surface area contributed by atoms with Crippen LogP contribution in [0.3, 0.4) is 0 Å². The number of amides is 1. The number of aliphatic hydroxyl groups excluding tert-OH is 2. The molecule has 5 rings (SSSR count). The number of fused-ring (bicyclic) bond motifs is 5. The zero-order valence-corrected chi connectivity index (χ0v) is 33.9. The third-order valence-corrected chi connectivity index (χ3v) is 10.8. The molecule has 1 fully saturated rings. The van der Waals surface area contributed by atoms with E-state index in [9.17, 15) is 30.0 Å². The van der Waals surface area contributed by atoms with Gasteiger partial charge in [-0.25, -0.2) is 9.98 Å². The second-order valence-corrected chi connectivity index (χ2v) is 14.3. The molecule has 55 heavy (non-hydrogen) atoms. The summed E-state index contributed by atoms with van der Waals surface area (Å²) in [5, 5.41) is 52.2. The SMILES string of the molecule is CC[C@H]1C2=CC3=NC(=C(CC(=O)OC)C4=NC(=CC5=C(C)/C(=C(/C)[O-])C(=N5)C=C(N2)[C@@H]1C)[C@@H](C)[C@@H]4CCC(=O)NCC(O)CO)C(C([O-])=NCCN)=C3C.[Pd+2]. The minimum absolute atomic E-state index is 0. The molecular weight excluding hydrogens is 797 g/mol. The number of nitrogens with one attached hydrogen (secondary N) is 2. The predicted molar refractivity (Wildman–Crippen MR) is 204 cm³/mol. The number of aliphatic imine (C=N–C) groups is 4. The van der Waals surface area contributed by atoms with Crippen LogP contribution in [0.4, 0.5) is 0 Å². The summed E-state index contributed by atoms with van der Waals surface area (Å²) in [6.45, 7) is 11.0. The van der Waals surface area contributed by atoms with Gasteiger partial charge in [-0.3, -0.25) is 19.6 Å². The number of nitrogens with two attached hydrogens (primary N) is 1. The molecule has 298 valence electrons. The van der Waals surface area contributed by atoms with E-state index in [1.807, 2.05) is 32.1 Å².